The van der Waals surface area contributed by atoms with Crippen LogP contribution in [0.2, 0.25) is 0 Å². The maximum absolute atomic E-state index is 12.3. The third-order valence-electron chi connectivity index (χ3n) is 3.49. The molecular formula is C15H17N3O2. The number of nitrogens with zero attached hydrogens (tertiary/aromatic N) is 1. The Morgan fingerprint density at radius 3 is 3.00 bits per heavy atom. The van der Waals surface area contributed by atoms with Crippen molar-refractivity contribution < 1.29 is 9.53 Å². The van der Waals surface area contributed by atoms with E-state index in [4.69, 9.17) is 4.74 Å². The van der Waals surface area contributed by atoms with Gasteiger partial charge in [0.25, 0.3) is 0 Å². The number of benzene rings is 1. The molecule has 20 heavy (non-hydrogen) atoms. The number of aromatic nitrogens is 2. The van der Waals surface area contributed by atoms with Gasteiger partial charge >= 0.3 is 0 Å². The molecule has 0 fully saturated rings. The third kappa shape index (κ3) is 2.27. The van der Waals surface area contributed by atoms with Gasteiger partial charge in [0.15, 0.2) is 5.82 Å². The van der Waals surface area contributed by atoms with Crippen molar-refractivity contribution in [2.45, 2.75) is 25.7 Å². The summed E-state index contributed by atoms with van der Waals surface area (Å²) in [6.45, 7) is 4.52. The van der Waals surface area contributed by atoms with Crippen LogP contribution in [0.1, 0.15) is 36.9 Å². The fraction of sp³-hybridized carbons (Fsp3) is 0.333. The van der Waals surface area contributed by atoms with Crippen LogP contribution in [0.3, 0.4) is 0 Å². The Balaban J connectivity index is 1.74. The van der Waals surface area contributed by atoms with Gasteiger partial charge in [-0.25, -0.2) is 0 Å². The molecule has 104 valence electrons. The number of anilines is 1. The Morgan fingerprint density at radius 1 is 1.45 bits per heavy atom. The lowest BCUT2D eigenvalue weighted by atomic mass is 10.0. The van der Waals surface area contributed by atoms with E-state index in [1.54, 1.807) is 0 Å². The first kappa shape index (κ1) is 12.7. The zero-order valence-corrected chi connectivity index (χ0v) is 11.5. The second-order valence-corrected chi connectivity index (χ2v) is 5.25. The van der Waals surface area contributed by atoms with Crippen LogP contribution in [0.25, 0.3) is 0 Å². The van der Waals surface area contributed by atoms with E-state index in [9.17, 15) is 4.79 Å². The number of carbonyl (C=O) groups excluding carboxylic acids is 1. The number of rotatable bonds is 3. The predicted molar refractivity (Wildman–Crippen MR) is 76.0 cm³/mol. The number of ether oxygens (including phenoxy) is 1. The lowest BCUT2D eigenvalue weighted by Crippen LogP contribution is -2.22. The van der Waals surface area contributed by atoms with E-state index >= 15 is 0 Å². The number of aromatic amines is 1. The highest BCUT2D eigenvalue weighted by molar-refractivity contribution is 5.96. The molecule has 1 aliphatic heterocycles. The van der Waals surface area contributed by atoms with Crippen molar-refractivity contribution in [2.24, 2.45) is 0 Å². The molecule has 0 aliphatic carbocycles. The Labute approximate surface area is 117 Å². The summed E-state index contributed by atoms with van der Waals surface area (Å²) in [5.74, 6) is 1.34. The van der Waals surface area contributed by atoms with Gasteiger partial charge in [0.2, 0.25) is 5.91 Å². The maximum atomic E-state index is 12.3. The molecule has 1 aromatic heterocycles. The molecule has 0 saturated carbocycles. The highest BCUT2D eigenvalue weighted by Crippen LogP contribution is 2.34. The number of amides is 1. The van der Waals surface area contributed by atoms with Crippen molar-refractivity contribution in [1.82, 2.24) is 10.2 Å². The van der Waals surface area contributed by atoms with E-state index in [2.05, 4.69) is 29.4 Å². The van der Waals surface area contributed by atoms with Gasteiger partial charge in [-0.2, -0.15) is 5.10 Å². The highest BCUT2D eigenvalue weighted by atomic mass is 16.5. The van der Waals surface area contributed by atoms with Crippen molar-refractivity contribution in [3.05, 3.63) is 41.6 Å². The largest absolute Gasteiger partial charge is 0.492 e. The van der Waals surface area contributed by atoms with E-state index in [1.807, 2.05) is 30.3 Å². The molecule has 0 bridgehead atoms. The van der Waals surface area contributed by atoms with Crippen LogP contribution < -0.4 is 10.1 Å². The number of para-hydroxylation sites is 1. The van der Waals surface area contributed by atoms with E-state index in [0.29, 0.717) is 18.3 Å². The van der Waals surface area contributed by atoms with Crippen molar-refractivity contribution in [1.29, 1.82) is 0 Å². The molecule has 2 heterocycles. The number of fused-ring (bicyclic) bond motifs is 1. The molecule has 1 atom stereocenters. The summed E-state index contributed by atoms with van der Waals surface area (Å²) in [7, 11) is 0. The smallest absolute Gasteiger partial charge is 0.236 e. The Hall–Kier alpha value is -2.30. The third-order valence-corrected chi connectivity index (χ3v) is 3.49. The van der Waals surface area contributed by atoms with E-state index in [-0.39, 0.29) is 11.8 Å². The number of H-pyrrole nitrogens is 1. The molecule has 1 unspecified atom stereocenters. The van der Waals surface area contributed by atoms with Crippen LogP contribution in [0, 0.1) is 0 Å². The van der Waals surface area contributed by atoms with Crippen LogP contribution in [-0.2, 0) is 4.79 Å². The summed E-state index contributed by atoms with van der Waals surface area (Å²) in [6.07, 6.45) is 0. The van der Waals surface area contributed by atoms with Crippen LogP contribution in [-0.4, -0.2) is 22.7 Å². The zero-order valence-electron chi connectivity index (χ0n) is 11.5. The molecule has 1 aromatic carbocycles. The van der Waals surface area contributed by atoms with Crippen molar-refractivity contribution >= 4 is 11.7 Å². The molecule has 0 radical (unpaired) electrons. The molecule has 2 N–H and O–H groups in total. The summed E-state index contributed by atoms with van der Waals surface area (Å²) in [5, 5.41) is 9.87. The summed E-state index contributed by atoms with van der Waals surface area (Å²) < 4.78 is 5.52. The normalized spacial score (nSPS) is 16.9. The Kier molecular flexibility index (Phi) is 3.18. The summed E-state index contributed by atoms with van der Waals surface area (Å²) in [6, 6.07) is 9.50. The molecule has 2 aromatic rings. The average Bonchev–Trinajstić information content (AvgIpc) is 3.04. The van der Waals surface area contributed by atoms with E-state index < -0.39 is 0 Å². The molecule has 5 heteroatoms. The minimum Gasteiger partial charge on any atom is -0.492 e. The van der Waals surface area contributed by atoms with Gasteiger partial charge in [-0.05, 0) is 12.0 Å². The molecule has 0 saturated heterocycles. The molecule has 1 aliphatic rings. The lowest BCUT2D eigenvalue weighted by molar-refractivity contribution is -0.117. The number of hydrogen-bond donors (Lipinski definition) is 2. The lowest BCUT2D eigenvalue weighted by Gasteiger charge is -2.07. The molecular weight excluding hydrogens is 254 g/mol. The molecule has 1 amide bonds. The van der Waals surface area contributed by atoms with Gasteiger partial charge in [-0.1, -0.05) is 32.0 Å². The summed E-state index contributed by atoms with van der Waals surface area (Å²) in [4.78, 5) is 12.3. The zero-order chi connectivity index (χ0) is 14.1. The standard InChI is InChI=1S/C15H17N3O2/c1-9(2)12-7-14(18-17-12)16-15(19)11-8-20-13-6-4-3-5-10(11)13/h3-7,9,11H,8H2,1-2H3,(H2,16,17,18,19). The highest BCUT2D eigenvalue weighted by Gasteiger charge is 2.30. The first-order valence-corrected chi connectivity index (χ1v) is 6.73. The van der Waals surface area contributed by atoms with Crippen molar-refractivity contribution in [3.8, 4) is 5.75 Å². The monoisotopic (exact) mass is 271 g/mol. The average molecular weight is 271 g/mol. The van der Waals surface area contributed by atoms with Gasteiger partial charge in [0, 0.05) is 17.3 Å². The fourth-order valence-corrected chi connectivity index (χ4v) is 2.29. The summed E-state index contributed by atoms with van der Waals surface area (Å²) >= 11 is 0. The first-order valence-electron chi connectivity index (χ1n) is 6.73. The quantitative estimate of drug-likeness (QED) is 0.901. The SMILES string of the molecule is CC(C)c1cc(NC(=O)C2COc3ccccc32)n[nH]1. The van der Waals surface area contributed by atoms with Crippen LogP contribution in [0.15, 0.2) is 30.3 Å². The van der Waals surface area contributed by atoms with Crippen LogP contribution in [0.5, 0.6) is 5.75 Å². The van der Waals surface area contributed by atoms with Crippen molar-refractivity contribution in [3.63, 3.8) is 0 Å². The summed E-state index contributed by atoms with van der Waals surface area (Å²) in [5.41, 5.74) is 1.94. The minimum absolute atomic E-state index is 0.0863. The Bertz CT molecular complexity index is 634. The fourth-order valence-electron chi connectivity index (χ4n) is 2.29. The van der Waals surface area contributed by atoms with E-state index in [1.165, 1.54) is 0 Å². The second-order valence-electron chi connectivity index (χ2n) is 5.25. The Morgan fingerprint density at radius 2 is 2.25 bits per heavy atom. The topological polar surface area (TPSA) is 67.0 Å². The molecule has 5 nitrogen and oxygen atoms in total. The maximum Gasteiger partial charge on any atom is 0.236 e. The van der Waals surface area contributed by atoms with Gasteiger partial charge in [0.1, 0.15) is 18.3 Å². The van der Waals surface area contributed by atoms with Gasteiger partial charge in [0.05, 0.1) is 0 Å². The number of nitrogens with one attached hydrogen (secondary N) is 2. The number of carbonyl (C=O) groups is 1. The number of hydrogen-bond acceptors (Lipinski definition) is 3. The van der Waals surface area contributed by atoms with Crippen LogP contribution in [0.4, 0.5) is 5.82 Å². The van der Waals surface area contributed by atoms with E-state index in [0.717, 1.165) is 17.0 Å². The second kappa shape index (κ2) is 5.00. The van der Waals surface area contributed by atoms with Gasteiger partial charge in [-0.3, -0.25) is 9.89 Å². The van der Waals surface area contributed by atoms with Crippen LogP contribution >= 0.6 is 0 Å². The predicted octanol–water partition coefficient (Wildman–Crippen LogP) is 2.65. The minimum atomic E-state index is -0.273. The van der Waals surface area contributed by atoms with Crippen molar-refractivity contribution in [2.75, 3.05) is 11.9 Å². The molecule has 0 spiro atoms. The van der Waals surface area contributed by atoms with Gasteiger partial charge in [-0.15, -0.1) is 0 Å². The first-order chi connectivity index (χ1) is 9.65. The molecule has 3 rings (SSSR count). The van der Waals surface area contributed by atoms with Gasteiger partial charge < -0.3 is 10.1 Å².